The zero-order valence-corrected chi connectivity index (χ0v) is 22.3. The number of hydrogen-bond acceptors (Lipinski definition) is 6. The minimum atomic E-state index is -0.853. The molecule has 38 heavy (non-hydrogen) atoms. The highest BCUT2D eigenvalue weighted by Crippen LogP contribution is 2.25. The molecule has 2 aromatic carbocycles. The van der Waals surface area contributed by atoms with Crippen molar-refractivity contribution in [1.82, 2.24) is 21.1 Å². The number of hydrogen-bond donors (Lipinski definition) is 3. The first-order valence-corrected chi connectivity index (χ1v) is 13.2. The molecule has 2 aromatic rings. The van der Waals surface area contributed by atoms with Crippen LogP contribution in [0.1, 0.15) is 64.2 Å². The van der Waals surface area contributed by atoms with Crippen molar-refractivity contribution in [3.05, 3.63) is 53.6 Å². The van der Waals surface area contributed by atoms with Crippen LogP contribution in [0.4, 0.5) is 0 Å². The Morgan fingerprint density at radius 1 is 0.974 bits per heavy atom. The Morgan fingerprint density at radius 3 is 2.50 bits per heavy atom. The molecule has 3 amide bonds. The van der Waals surface area contributed by atoms with Crippen molar-refractivity contribution in [2.75, 3.05) is 6.54 Å². The van der Waals surface area contributed by atoms with Crippen molar-refractivity contribution in [3.63, 3.8) is 0 Å². The average molecular weight is 521 g/mol. The number of carbonyl (C=O) groups excluding carboxylic acids is 4. The van der Waals surface area contributed by atoms with Crippen LogP contribution >= 0.6 is 0 Å². The van der Waals surface area contributed by atoms with Gasteiger partial charge in [-0.25, -0.2) is 5.43 Å². The van der Waals surface area contributed by atoms with E-state index >= 15 is 0 Å². The summed E-state index contributed by atoms with van der Waals surface area (Å²) >= 11 is 0. The van der Waals surface area contributed by atoms with Gasteiger partial charge in [0, 0.05) is 13.0 Å². The standard InChI is InChI=1S/C29H36N4O5/c1-17(2)26-27(35)30-18(3)28(36)33-14-6-8-24(32-33)29(37)38-19(4)22-13-12-21-11-10-20(15-23(21)16-22)7-5-9-25(34)31-26/h5,7,10-13,15-19,24,26,32H,6,8-9,14H2,1-4H3,(H,30,35)(H,31,34)/t18-,19+,24-,26-/m0/s1. The summed E-state index contributed by atoms with van der Waals surface area (Å²) in [4.78, 5) is 51.8. The Morgan fingerprint density at radius 2 is 1.74 bits per heavy atom. The van der Waals surface area contributed by atoms with E-state index < -0.39 is 36.1 Å². The Hall–Kier alpha value is -3.72. The number of nitrogens with zero attached hydrogens (tertiary/aromatic N) is 1. The Bertz CT molecular complexity index is 1260. The van der Waals surface area contributed by atoms with Gasteiger partial charge in [-0.15, -0.1) is 0 Å². The Kier molecular flexibility index (Phi) is 8.46. The third kappa shape index (κ3) is 6.39. The molecule has 4 rings (SSSR count). The molecular weight excluding hydrogens is 484 g/mol. The number of rotatable bonds is 1. The lowest BCUT2D eigenvalue weighted by atomic mass is 10.0. The lowest BCUT2D eigenvalue weighted by Crippen LogP contribution is -2.61. The molecule has 2 aliphatic heterocycles. The zero-order valence-electron chi connectivity index (χ0n) is 22.3. The fraction of sp³-hybridized carbons (Fsp3) is 0.448. The first-order chi connectivity index (χ1) is 18.1. The van der Waals surface area contributed by atoms with Crippen LogP contribution in [0.5, 0.6) is 0 Å². The number of carbonyl (C=O) groups is 4. The van der Waals surface area contributed by atoms with Crippen LogP contribution in [0.15, 0.2) is 42.5 Å². The zero-order chi connectivity index (χ0) is 27.4. The first-order valence-electron chi connectivity index (χ1n) is 13.2. The van der Waals surface area contributed by atoms with Crippen LogP contribution in [0.25, 0.3) is 16.8 Å². The minimum Gasteiger partial charge on any atom is -0.457 e. The van der Waals surface area contributed by atoms with E-state index in [1.54, 1.807) is 13.0 Å². The van der Waals surface area contributed by atoms with E-state index in [2.05, 4.69) is 16.1 Å². The molecular formula is C29H36N4O5. The summed E-state index contributed by atoms with van der Waals surface area (Å²) in [5.74, 6) is -1.70. The largest absolute Gasteiger partial charge is 0.457 e. The maximum Gasteiger partial charge on any atom is 0.325 e. The van der Waals surface area contributed by atoms with E-state index in [0.717, 1.165) is 21.9 Å². The number of fused-ring (bicyclic) bond motifs is 4. The van der Waals surface area contributed by atoms with Gasteiger partial charge in [0.2, 0.25) is 11.8 Å². The van der Waals surface area contributed by atoms with Crippen molar-refractivity contribution in [2.45, 2.75) is 71.2 Å². The van der Waals surface area contributed by atoms with E-state index in [-0.39, 0.29) is 24.2 Å². The van der Waals surface area contributed by atoms with Crippen molar-refractivity contribution >= 4 is 40.5 Å². The molecule has 2 aliphatic rings. The molecule has 1 fully saturated rings. The maximum atomic E-state index is 13.1. The smallest absolute Gasteiger partial charge is 0.325 e. The minimum absolute atomic E-state index is 0.106. The molecule has 5 bridgehead atoms. The van der Waals surface area contributed by atoms with E-state index in [1.807, 2.05) is 63.2 Å². The van der Waals surface area contributed by atoms with Crippen molar-refractivity contribution < 1.29 is 23.9 Å². The fourth-order valence-electron chi connectivity index (χ4n) is 4.75. The summed E-state index contributed by atoms with van der Waals surface area (Å²) < 4.78 is 5.78. The van der Waals surface area contributed by atoms with Gasteiger partial charge < -0.3 is 15.4 Å². The molecule has 3 N–H and O–H groups in total. The van der Waals surface area contributed by atoms with Gasteiger partial charge in [0.25, 0.3) is 5.91 Å². The van der Waals surface area contributed by atoms with Crippen molar-refractivity contribution in [2.24, 2.45) is 5.92 Å². The molecule has 1 saturated heterocycles. The quantitative estimate of drug-likeness (QED) is 0.498. The maximum absolute atomic E-state index is 13.1. The van der Waals surface area contributed by atoms with E-state index in [0.29, 0.717) is 19.4 Å². The number of nitrogens with one attached hydrogen (secondary N) is 3. The van der Waals surface area contributed by atoms with Crippen LogP contribution in [-0.2, 0) is 23.9 Å². The van der Waals surface area contributed by atoms with Crippen LogP contribution < -0.4 is 16.1 Å². The number of benzene rings is 2. The monoisotopic (exact) mass is 520 g/mol. The number of hydrazine groups is 1. The number of amides is 3. The third-order valence-electron chi connectivity index (χ3n) is 7.00. The second-order valence-electron chi connectivity index (χ2n) is 10.4. The van der Waals surface area contributed by atoms with Gasteiger partial charge in [-0.05, 0) is 66.6 Å². The molecule has 0 spiro atoms. The van der Waals surface area contributed by atoms with Crippen molar-refractivity contribution in [1.29, 1.82) is 0 Å². The van der Waals surface area contributed by atoms with Crippen molar-refractivity contribution in [3.8, 4) is 0 Å². The highest BCUT2D eigenvalue weighted by Gasteiger charge is 2.33. The molecule has 202 valence electrons. The Balaban J connectivity index is 1.64. The molecule has 2 heterocycles. The average Bonchev–Trinajstić information content (AvgIpc) is 2.90. The van der Waals surface area contributed by atoms with Crippen LogP contribution in [0, 0.1) is 5.92 Å². The summed E-state index contributed by atoms with van der Waals surface area (Å²) in [5, 5.41) is 8.92. The lowest BCUT2D eigenvalue weighted by Gasteiger charge is -2.35. The predicted octanol–water partition coefficient (Wildman–Crippen LogP) is 3.00. The summed E-state index contributed by atoms with van der Waals surface area (Å²) in [5.41, 5.74) is 4.77. The van der Waals surface area contributed by atoms with Crippen LogP contribution in [0.3, 0.4) is 0 Å². The number of ether oxygens (including phenoxy) is 1. The normalized spacial score (nSPS) is 25.8. The molecule has 9 nitrogen and oxygen atoms in total. The topological polar surface area (TPSA) is 117 Å². The highest BCUT2D eigenvalue weighted by atomic mass is 16.5. The van der Waals surface area contributed by atoms with Gasteiger partial charge in [-0.1, -0.05) is 50.3 Å². The van der Waals surface area contributed by atoms with Gasteiger partial charge in [0.15, 0.2) is 0 Å². The SMILES string of the molecule is CC(C)[C@@H]1NC(=O)CC=Cc2ccc3ccc(cc3c2)[C@@H](C)OC(=O)[C@@H]2CCCN(N2)C(=O)[C@H](C)NC1=O. The third-order valence-corrected chi connectivity index (χ3v) is 7.00. The summed E-state index contributed by atoms with van der Waals surface area (Å²) in [6.45, 7) is 7.49. The lowest BCUT2D eigenvalue weighted by molar-refractivity contribution is -0.157. The Labute approximate surface area is 222 Å². The van der Waals surface area contributed by atoms with Gasteiger partial charge in [-0.2, -0.15) is 0 Å². The molecule has 0 aliphatic carbocycles. The highest BCUT2D eigenvalue weighted by molar-refractivity contribution is 5.92. The number of esters is 1. The van der Waals surface area contributed by atoms with E-state index in [1.165, 1.54) is 5.01 Å². The molecule has 0 aromatic heterocycles. The van der Waals surface area contributed by atoms with Gasteiger partial charge in [-0.3, -0.25) is 24.2 Å². The fourth-order valence-corrected chi connectivity index (χ4v) is 4.75. The molecule has 0 unspecified atom stereocenters. The summed E-state index contributed by atoms with van der Waals surface area (Å²) in [6, 6.07) is 9.59. The van der Waals surface area contributed by atoms with Gasteiger partial charge in [0.1, 0.15) is 24.2 Å². The summed E-state index contributed by atoms with van der Waals surface area (Å²) in [6.07, 6.45) is 4.39. The second-order valence-corrected chi connectivity index (χ2v) is 10.4. The van der Waals surface area contributed by atoms with Gasteiger partial charge >= 0.3 is 5.97 Å². The van der Waals surface area contributed by atoms with E-state index in [9.17, 15) is 19.2 Å². The molecule has 0 radical (unpaired) electrons. The van der Waals surface area contributed by atoms with Gasteiger partial charge in [0.05, 0.1) is 0 Å². The molecule has 9 heteroatoms. The molecule has 4 atom stereocenters. The number of cyclic esters (lactones) is 1. The summed E-state index contributed by atoms with van der Waals surface area (Å²) in [7, 11) is 0. The van der Waals surface area contributed by atoms with Crippen LogP contribution in [-0.4, -0.2) is 53.4 Å². The first kappa shape index (κ1) is 27.3. The van der Waals surface area contributed by atoms with E-state index in [4.69, 9.17) is 4.74 Å². The molecule has 0 saturated carbocycles. The second kappa shape index (κ2) is 11.8. The van der Waals surface area contributed by atoms with Crippen LogP contribution in [0.2, 0.25) is 0 Å². The predicted molar refractivity (Wildman–Crippen MR) is 144 cm³/mol.